The number of esters is 2. The van der Waals surface area contributed by atoms with Crippen molar-refractivity contribution in [2.75, 3.05) is 13.2 Å². The number of rotatable bonds is 8. The van der Waals surface area contributed by atoms with Crippen LogP contribution in [0, 0.1) is 12.8 Å². The Morgan fingerprint density at radius 2 is 1.54 bits per heavy atom. The first kappa shape index (κ1) is 23.9. The summed E-state index contributed by atoms with van der Waals surface area (Å²) in [5.74, 6) is -1.86. The Kier molecular flexibility index (Phi) is 7.35. The van der Waals surface area contributed by atoms with Gasteiger partial charge in [-0.25, -0.2) is 4.79 Å². The molecule has 3 aromatic carbocycles. The van der Waals surface area contributed by atoms with Gasteiger partial charge in [0.25, 0.3) is 0 Å². The molecule has 0 aliphatic carbocycles. The third-order valence-electron chi connectivity index (χ3n) is 5.78. The van der Waals surface area contributed by atoms with E-state index in [0.717, 1.165) is 11.1 Å². The number of aryl methyl sites for hydroxylation is 1. The summed E-state index contributed by atoms with van der Waals surface area (Å²) in [7, 11) is 0. The van der Waals surface area contributed by atoms with Gasteiger partial charge in [0, 0.05) is 25.1 Å². The van der Waals surface area contributed by atoms with Crippen LogP contribution < -0.4 is 4.74 Å². The van der Waals surface area contributed by atoms with Crippen molar-refractivity contribution in [2.45, 2.75) is 19.9 Å². The van der Waals surface area contributed by atoms with Crippen molar-refractivity contribution in [3.05, 3.63) is 101 Å². The van der Waals surface area contributed by atoms with E-state index >= 15 is 0 Å². The second-order valence-corrected chi connectivity index (χ2v) is 8.47. The summed E-state index contributed by atoms with van der Waals surface area (Å²) in [6.07, 6.45) is 0.0703. The van der Waals surface area contributed by atoms with Gasteiger partial charge in [-0.2, -0.15) is 0 Å². The molecule has 4 rings (SSSR count). The van der Waals surface area contributed by atoms with Crippen molar-refractivity contribution in [3.63, 3.8) is 0 Å². The number of carbonyl (C=O) groups excluding carboxylic acids is 4. The zero-order chi connectivity index (χ0) is 24.8. The fourth-order valence-corrected chi connectivity index (χ4v) is 3.79. The minimum absolute atomic E-state index is 0.0703. The number of amides is 1. The molecule has 0 N–H and O–H groups in total. The number of hydrogen-bond donors (Lipinski definition) is 0. The first-order chi connectivity index (χ1) is 16.9. The van der Waals surface area contributed by atoms with Crippen LogP contribution >= 0.6 is 0 Å². The van der Waals surface area contributed by atoms with Crippen molar-refractivity contribution < 1.29 is 28.7 Å². The molecule has 1 aliphatic rings. The largest absolute Gasteiger partial charge is 0.457 e. The van der Waals surface area contributed by atoms with Gasteiger partial charge in [-0.3, -0.25) is 14.4 Å². The second kappa shape index (κ2) is 10.8. The molecule has 1 atom stereocenters. The summed E-state index contributed by atoms with van der Waals surface area (Å²) in [6, 6.07) is 22.6. The summed E-state index contributed by atoms with van der Waals surface area (Å²) in [5.41, 5.74) is 2.77. The maximum absolute atomic E-state index is 12.5. The molecule has 0 spiro atoms. The number of carbonyl (C=O) groups is 4. The number of Topliss-reactive ketones (excluding diaryl/α,β-unsaturated/α-hetero) is 1. The SMILES string of the molecule is Cc1ccc(C(=O)Oc2ccc(C(=O)COC(=O)[C@H]3CC(=O)N(Cc4ccccc4)C3)cc2)cc1. The van der Waals surface area contributed by atoms with Gasteiger partial charge < -0.3 is 14.4 Å². The minimum atomic E-state index is -0.595. The van der Waals surface area contributed by atoms with Crippen LogP contribution in [-0.2, 0) is 20.9 Å². The van der Waals surface area contributed by atoms with E-state index in [9.17, 15) is 19.2 Å². The van der Waals surface area contributed by atoms with E-state index in [1.165, 1.54) is 24.3 Å². The molecule has 1 saturated heterocycles. The number of benzene rings is 3. The van der Waals surface area contributed by atoms with Crippen LogP contribution in [-0.4, -0.2) is 41.7 Å². The van der Waals surface area contributed by atoms with Crippen LogP contribution in [0.3, 0.4) is 0 Å². The van der Waals surface area contributed by atoms with Gasteiger partial charge in [0.2, 0.25) is 5.91 Å². The van der Waals surface area contributed by atoms with Gasteiger partial charge in [0.1, 0.15) is 5.75 Å². The highest BCUT2D eigenvalue weighted by Gasteiger charge is 2.35. The lowest BCUT2D eigenvalue weighted by Crippen LogP contribution is -2.27. The van der Waals surface area contributed by atoms with Gasteiger partial charge in [-0.15, -0.1) is 0 Å². The average Bonchev–Trinajstić information content (AvgIpc) is 3.23. The van der Waals surface area contributed by atoms with E-state index in [0.29, 0.717) is 23.4 Å². The molecule has 7 heteroatoms. The van der Waals surface area contributed by atoms with E-state index in [4.69, 9.17) is 9.47 Å². The molecule has 3 aromatic rings. The Bertz CT molecular complexity index is 1220. The van der Waals surface area contributed by atoms with Gasteiger partial charge in [0.05, 0.1) is 11.5 Å². The van der Waals surface area contributed by atoms with Crippen LogP contribution in [0.2, 0.25) is 0 Å². The second-order valence-electron chi connectivity index (χ2n) is 8.47. The Morgan fingerprint density at radius 1 is 0.886 bits per heavy atom. The van der Waals surface area contributed by atoms with E-state index in [2.05, 4.69) is 0 Å². The van der Waals surface area contributed by atoms with Crippen LogP contribution in [0.4, 0.5) is 0 Å². The molecule has 178 valence electrons. The van der Waals surface area contributed by atoms with Gasteiger partial charge >= 0.3 is 11.9 Å². The minimum Gasteiger partial charge on any atom is -0.457 e. The van der Waals surface area contributed by atoms with Crippen molar-refractivity contribution in [1.29, 1.82) is 0 Å². The Balaban J connectivity index is 1.26. The Morgan fingerprint density at radius 3 is 2.23 bits per heavy atom. The highest BCUT2D eigenvalue weighted by molar-refractivity contribution is 5.98. The van der Waals surface area contributed by atoms with Crippen molar-refractivity contribution in [1.82, 2.24) is 4.90 Å². The Labute approximate surface area is 203 Å². The summed E-state index contributed by atoms with van der Waals surface area (Å²) in [5, 5.41) is 0. The number of ether oxygens (including phenoxy) is 2. The number of nitrogens with zero attached hydrogens (tertiary/aromatic N) is 1. The fourth-order valence-electron chi connectivity index (χ4n) is 3.79. The average molecular weight is 472 g/mol. The third kappa shape index (κ3) is 6.20. The number of hydrogen-bond acceptors (Lipinski definition) is 6. The van der Waals surface area contributed by atoms with E-state index < -0.39 is 24.5 Å². The molecule has 0 saturated carbocycles. The van der Waals surface area contributed by atoms with E-state index in [1.807, 2.05) is 49.4 Å². The molecule has 7 nitrogen and oxygen atoms in total. The van der Waals surface area contributed by atoms with Gasteiger partial charge in [-0.05, 0) is 48.9 Å². The molecule has 35 heavy (non-hydrogen) atoms. The summed E-state index contributed by atoms with van der Waals surface area (Å²) < 4.78 is 10.5. The van der Waals surface area contributed by atoms with Crippen molar-refractivity contribution >= 4 is 23.6 Å². The number of ketones is 1. The fraction of sp³-hybridized carbons (Fsp3) is 0.214. The van der Waals surface area contributed by atoms with Crippen LogP contribution in [0.1, 0.15) is 38.3 Å². The lowest BCUT2D eigenvalue weighted by Gasteiger charge is -2.16. The summed E-state index contributed by atoms with van der Waals surface area (Å²) in [6.45, 7) is 2.20. The third-order valence-corrected chi connectivity index (χ3v) is 5.78. The molecule has 0 unspecified atom stereocenters. The zero-order valence-electron chi connectivity index (χ0n) is 19.3. The first-order valence-corrected chi connectivity index (χ1v) is 11.3. The molecular formula is C28H25NO6. The lowest BCUT2D eigenvalue weighted by atomic mass is 10.1. The summed E-state index contributed by atoms with van der Waals surface area (Å²) >= 11 is 0. The molecule has 1 amide bonds. The quantitative estimate of drug-likeness (QED) is 0.280. The van der Waals surface area contributed by atoms with Crippen LogP contribution in [0.5, 0.6) is 5.75 Å². The maximum Gasteiger partial charge on any atom is 0.343 e. The van der Waals surface area contributed by atoms with E-state index in [-0.39, 0.29) is 24.7 Å². The van der Waals surface area contributed by atoms with E-state index in [1.54, 1.807) is 17.0 Å². The normalized spacial score (nSPS) is 15.1. The molecule has 0 radical (unpaired) electrons. The number of likely N-dealkylation sites (tertiary alicyclic amines) is 1. The topological polar surface area (TPSA) is 90.0 Å². The molecule has 0 bridgehead atoms. The first-order valence-electron chi connectivity index (χ1n) is 11.3. The monoisotopic (exact) mass is 471 g/mol. The maximum atomic E-state index is 12.5. The molecule has 0 aromatic heterocycles. The standard InChI is InChI=1S/C28H25NO6/c1-19-7-9-22(10-8-19)28(33)35-24-13-11-21(12-14-24)25(30)18-34-27(32)23-15-26(31)29(17-23)16-20-5-3-2-4-6-20/h2-14,23H,15-18H2,1H3/t23-/m0/s1. The van der Waals surface area contributed by atoms with Crippen LogP contribution in [0.15, 0.2) is 78.9 Å². The predicted molar refractivity (Wildman–Crippen MR) is 128 cm³/mol. The molecule has 1 fully saturated rings. The summed E-state index contributed by atoms with van der Waals surface area (Å²) in [4.78, 5) is 51.0. The molecule has 1 aliphatic heterocycles. The zero-order valence-corrected chi connectivity index (χ0v) is 19.3. The predicted octanol–water partition coefficient (Wildman–Crippen LogP) is 3.99. The highest BCUT2D eigenvalue weighted by Crippen LogP contribution is 2.22. The lowest BCUT2D eigenvalue weighted by molar-refractivity contribution is -0.147. The van der Waals surface area contributed by atoms with Crippen LogP contribution in [0.25, 0.3) is 0 Å². The van der Waals surface area contributed by atoms with Gasteiger partial charge in [-0.1, -0.05) is 48.0 Å². The molecule has 1 heterocycles. The smallest absolute Gasteiger partial charge is 0.343 e. The van der Waals surface area contributed by atoms with Gasteiger partial charge in [0.15, 0.2) is 12.4 Å². The van der Waals surface area contributed by atoms with Crippen molar-refractivity contribution in [2.24, 2.45) is 5.92 Å². The molecular weight excluding hydrogens is 446 g/mol. The highest BCUT2D eigenvalue weighted by atomic mass is 16.5. The van der Waals surface area contributed by atoms with Crippen molar-refractivity contribution in [3.8, 4) is 5.75 Å². The Hall–Kier alpha value is -4.26.